The topological polar surface area (TPSA) is 48.5 Å². The molecular formula is C54H37N5. The predicted octanol–water partition coefficient (Wildman–Crippen LogP) is 13.4. The molecule has 0 radical (unpaired) electrons. The lowest BCUT2D eigenvalue weighted by Gasteiger charge is -2.21. The lowest BCUT2D eigenvalue weighted by molar-refractivity contribution is 0.660. The highest BCUT2D eigenvalue weighted by molar-refractivity contribution is 6.17. The summed E-state index contributed by atoms with van der Waals surface area (Å²) in [5, 5.41) is 4.52. The summed E-state index contributed by atoms with van der Waals surface area (Å²) in [6.45, 7) is 4.64. The first-order chi connectivity index (χ1) is 29.1. The molecule has 3 aromatic heterocycles. The van der Waals surface area contributed by atoms with Gasteiger partial charge in [-0.1, -0.05) is 153 Å². The summed E-state index contributed by atoms with van der Waals surface area (Å²) in [5.41, 5.74) is 14.4. The van der Waals surface area contributed by atoms with Crippen LogP contribution < -0.4 is 0 Å². The van der Waals surface area contributed by atoms with Crippen molar-refractivity contribution in [1.29, 1.82) is 0 Å². The highest BCUT2D eigenvalue weighted by atomic mass is 15.0. The second-order valence-electron chi connectivity index (χ2n) is 16.0. The summed E-state index contributed by atoms with van der Waals surface area (Å²) in [6, 6.07) is 66.9. The van der Waals surface area contributed by atoms with Gasteiger partial charge in [0, 0.05) is 55.0 Å². The molecule has 0 N–H and O–H groups in total. The van der Waals surface area contributed by atoms with Crippen LogP contribution in [-0.2, 0) is 5.41 Å². The van der Waals surface area contributed by atoms with Gasteiger partial charge in [-0.2, -0.15) is 0 Å². The summed E-state index contributed by atoms with van der Waals surface area (Å²) in [5.74, 6) is 1.93. The van der Waals surface area contributed by atoms with Crippen molar-refractivity contribution in [2.24, 2.45) is 0 Å². The Hall–Kier alpha value is -7.63. The third-order valence-corrected chi connectivity index (χ3v) is 12.4. The van der Waals surface area contributed by atoms with Gasteiger partial charge in [0.2, 0.25) is 0 Å². The molecular weight excluding hydrogens is 719 g/mol. The van der Waals surface area contributed by atoms with E-state index < -0.39 is 0 Å². The highest BCUT2D eigenvalue weighted by Gasteiger charge is 2.37. The number of benzene rings is 8. The van der Waals surface area contributed by atoms with E-state index in [0.29, 0.717) is 17.5 Å². The van der Waals surface area contributed by atoms with Crippen molar-refractivity contribution in [3.05, 3.63) is 199 Å². The van der Waals surface area contributed by atoms with Gasteiger partial charge in [0.1, 0.15) is 0 Å². The van der Waals surface area contributed by atoms with Gasteiger partial charge in [-0.05, 0) is 70.8 Å². The van der Waals surface area contributed by atoms with Crippen molar-refractivity contribution in [3.8, 4) is 56.7 Å². The SMILES string of the molecule is CC1(C)c2ccccc2-c2c(-c3nc(-c4cccc5c4c4ccccc4n5-c4ccccc4)nc(-c4cccc5c4c4ccccc4n5-c4ccccc4)n3)cccc21. The van der Waals surface area contributed by atoms with Crippen molar-refractivity contribution in [3.63, 3.8) is 0 Å². The second-order valence-corrected chi connectivity index (χ2v) is 16.0. The van der Waals surface area contributed by atoms with Gasteiger partial charge in [0.25, 0.3) is 0 Å². The normalized spacial score (nSPS) is 13.1. The van der Waals surface area contributed by atoms with Gasteiger partial charge in [0.15, 0.2) is 17.5 Å². The molecule has 278 valence electrons. The molecule has 3 heterocycles. The molecule has 11 aromatic rings. The fraction of sp³-hybridized carbons (Fsp3) is 0.0556. The number of para-hydroxylation sites is 4. The Morgan fingerprint density at radius 1 is 0.339 bits per heavy atom. The molecule has 0 aliphatic heterocycles. The molecule has 0 atom stereocenters. The van der Waals surface area contributed by atoms with E-state index in [0.717, 1.165) is 71.7 Å². The first kappa shape index (κ1) is 33.5. The number of hydrogen-bond acceptors (Lipinski definition) is 3. The zero-order valence-electron chi connectivity index (χ0n) is 32.6. The van der Waals surface area contributed by atoms with E-state index >= 15 is 0 Å². The summed E-state index contributed by atoms with van der Waals surface area (Å²) >= 11 is 0. The maximum atomic E-state index is 5.50. The molecule has 0 bridgehead atoms. The quantitative estimate of drug-likeness (QED) is 0.176. The third-order valence-electron chi connectivity index (χ3n) is 12.4. The van der Waals surface area contributed by atoms with Crippen molar-refractivity contribution in [2.45, 2.75) is 19.3 Å². The number of rotatable bonds is 5. The Morgan fingerprint density at radius 3 is 1.29 bits per heavy atom. The molecule has 0 unspecified atom stereocenters. The average molecular weight is 756 g/mol. The lowest BCUT2D eigenvalue weighted by atomic mass is 9.82. The number of fused-ring (bicyclic) bond motifs is 9. The van der Waals surface area contributed by atoms with E-state index in [4.69, 9.17) is 15.0 Å². The monoisotopic (exact) mass is 755 g/mol. The van der Waals surface area contributed by atoms with E-state index in [1.165, 1.54) is 22.3 Å². The predicted molar refractivity (Wildman–Crippen MR) is 242 cm³/mol. The van der Waals surface area contributed by atoms with Gasteiger partial charge in [-0.25, -0.2) is 15.0 Å². The smallest absolute Gasteiger partial charge is 0.164 e. The zero-order valence-corrected chi connectivity index (χ0v) is 32.6. The zero-order chi connectivity index (χ0) is 39.2. The van der Waals surface area contributed by atoms with Crippen LogP contribution in [0.3, 0.4) is 0 Å². The molecule has 12 rings (SSSR count). The van der Waals surface area contributed by atoms with E-state index in [-0.39, 0.29) is 5.41 Å². The van der Waals surface area contributed by atoms with Crippen LogP contribution in [0.1, 0.15) is 25.0 Å². The molecule has 0 amide bonds. The Morgan fingerprint density at radius 2 is 0.729 bits per heavy atom. The van der Waals surface area contributed by atoms with Crippen molar-refractivity contribution in [2.75, 3.05) is 0 Å². The highest BCUT2D eigenvalue weighted by Crippen LogP contribution is 2.52. The molecule has 1 aliphatic rings. The van der Waals surface area contributed by atoms with E-state index in [2.05, 4.69) is 211 Å². The largest absolute Gasteiger partial charge is 0.309 e. The minimum atomic E-state index is -0.170. The Kier molecular flexibility index (Phi) is 7.20. The van der Waals surface area contributed by atoms with Crippen LogP contribution in [0.5, 0.6) is 0 Å². The van der Waals surface area contributed by atoms with Crippen LogP contribution in [0.15, 0.2) is 188 Å². The molecule has 5 nitrogen and oxygen atoms in total. The number of aromatic nitrogens is 5. The second kappa shape index (κ2) is 12.7. The van der Waals surface area contributed by atoms with E-state index in [9.17, 15) is 0 Å². The minimum Gasteiger partial charge on any atom is -0.309 e. The van der Waals surface area contributed by atoms with E-state index in [1.54, 1.807) is 0 Å². The Labute approximate surface area is 341 Å². The number of hydrogen-bond donors (Lipinski definition) is 0. The molecule has 5 heteroatoms. The van der Waals surface area contributed by atoms with Crippen LogP contribution >= 0.6 is 0 Å². The van der Waals surface area contributed by atoms with Gasteiger partial charge >= 0.3 is 0 Å². The minimum absolute atomic E-state index is 0.170. The maximum absolute atomic E-state index is 5.50. The molecule has 8 aromatic carbocycles. The lowest BCUT2D eigenvalue weighted by Crippen LogP contribution is -2.14. The van der Waals surface area contributed by atoms with Crippen LogP contribution in [0.25, 0.3) is 100 Å². The van der Waals surface area contributed by atoms with Crippen molar-refractivity contribution >= 4 is 43.6 Å². The fourth-order valence-electron chi connectivity index (χ4n) is 9.80. The summed E-state index contributed by atoms with van der Waals surface area (Å²) in [6.07, 6.45) is 0. The van der Waals surface area contributed by atoms with Crippen LogP contribution in [0, 0.1) is 0 Å². The molecule has 0 saturated heterocycles. The molecule has 1 aliphatic carbocycles. The molecule has 0 fully saturated rings. The first-order valence-corrected chi connectivity index (χ1v) is 20.2. The first-order valence-electron chi connectivity index (χ1n) is 20.2. The summed E-state index contributed by atoms with van der Waals surface area (Å²) in [7, 11) is 0. The average Bonchev–Trinajstić information content (AvgIpc) is 3.90. The van der Waals surface area contributed by atoms with Crippen molar-refractivity contribution in [1.82, 2.24) is 24.1 Å². The van der Waals surface area contributed by atoms with Crippen LogP contribution in [0.4, 0.5) is 0 Å². The third kappa shape index (κ3) is 4.88. The summed E-state index contributed by atoms with van der Waals surface area (Å²) in [4.78, 5) is 16.5. The van der Waals surface area contributed by atoms with Crippen LogP contribution in [-0.4, -0.2) is 24.1 Å². The Bertz CT molecular complexity index is 3290. The van der Waals surface area contributed by atoms with Gasteiger partial charge in [-0.15, -0.1) is 0 Å². The molecule has 59 heavy (non-hydrogen) atoms. The molecule has 0 spiro atoms. The standard InChI is InChI=1S/C54H37N5/c1-54(2)42-28-12-9-22-36(42)48-39(25-15-29-43(48)54)51-55-52(40-26-16-32-46-49(40)37-23-10-13-30-44(37)58(46)34-18-5-3-6-19-34)57-53(56-51)41-27-17-33-47-50(41)38-24-11-14-31-45(38)59(47)35-20-7-4-8-21-35/h3-33H,1-2H3. The van der Waals surface area contributed by atoms with Gasteiger partial charge in [-0.3, -0.25) is 0 Å². The Balaban J connectivity index is 1.19. The molecule has 0 saturated carbocycles. The van der Waals surface area contributed by atoms with Crippen LogP contribution in [0.2, 0.25) is 0 Å². The van der Waals surface area contributed by atoms with Gasteiger partial charge in [0.05, 0.1) is 22.1 Å². The van der Waals surface area contributed by atoms with E-state index in [1.807, 2.05) is 0 Å². The fourth-order valence-corrected chi connectivity index (χ4v) is 9.80. The van der Waals surface area contributed by atoms with Crippen molar-refractivity contribution < 1.29 is 0 Å². The summed E-state index contributed by atoms with van der Waals surface area (Å²) < 4.78 is 4.69. The maximum Gasteiger partial charge on any atom is 0.164 e. The number of nitrogens with zero attached hydrogens (tertiary/aromatic N) is 5. The van der Waals surface area contributed by atoms with Gasteiger partial charge < -0.3 is 9.13 Å².